The fourth-order valence-corrected chi connectivity index (χ4v) is 4.10. The van der Waals surface area contributed by atoms with Crippen LogP contribution >= 0.6 is 0 Å². The molecule has 1 heterocycles. The van der Waals surface area contributed by atoms with Crippen molar-refractivity contribution in [2.45, 2.75) is 0 Å². The topological polar surface area (TPSA) is 99.4 Å². The van der Waals surface area contributed by atoms with Crippen molar-refractivity contribution < 1.29 is 4.74 Å². The third-order valence-electron chi connectivity index (χ3n) is 3.39. The van der Waals surface area contributed by atoms with Gasteiger partial charge >= 0.3 is 152 Å². The van der Waals surface area contributed by atoms with E-state index in [1.807, 2.05) is 54.6 Å². The van der Waals surface area contributed by atoms with Gasteiger partial charge in [-0.15, -0.1) is 0 Å². The number of para-hydroxylation sites is 1. The minimum atomic E-state index is -0.266. The fourth-order valence-electron chi connectivity index (χ4n) is 2.29. The number of ether oxygens (including phenoxy) is 1. The molecule has 0 aliphatic carbocycles. The van der Waals surface area contributed by atoms with Crippen LogP contribution in [0.15, 0.2) is 65.9 Å². The summed E-state index contributed by atoms with van der Waals surface area (Å²) in [6.07, 6.45) is 1.60. The van der Waals surface area contributed by atoms with Crippen molar-refractivity contribution in [3.63, 3.8) is 0 Å². The molecular formula is C18H17AsN5O. The monoisotopic (exact) mass is 394 g/mol. The van der Waals surface area contributed by atoms with Gasteiger partial charge in [-0.25, -0.2) is 0 Å². The second-order valence-electron chi connectivity index (χ2n) is 5.13. The molecule has 125 valence electrons. The van der Waals surface area contributed by atoms with Crippen molar-refractivity contribution in [1.82, 2.24) is 9.97 Å². The molecule has 25 heavy (non-hydrogen) atoms. The molecule has 0 saturated heterocycles. The Labute approximate surface area is 152 Å². The molecule has 0 fully saturated rings. The fraction of sp³-hybridized carbons (Fsp3) is 0.0556. The summed E-state index contributed by atoms with van der Waals surface area (Å²) in [7, 11) is 1.66. The third kappa shape index (κ3) is 4.36. The van der Waals surface area contributed by atoms with Gasteiger partial charge in [0.25, 0.3) is 0 Å². The first-order valence-electron chi connectivity index (χ1n) is 7.52. The molecule has 4 N–H and O–H groups in total. The normalized spacial score (nSPS) is 10.8. The Kier molecular flexibility index (Phi) is 5.31. The van der Waals surface area contributed by atoms with Crippen LogP contribution in [0, 0.1) is 0 Å². The Hall–Kier alpha value is -2.85. The van der Waals surface area contributed by atoms with Crippen LogP contribution in [-0.2, 0) is 0 Å². The van der Waals surface area contributed by atoms with Crippen LogP contribution in [0.3, 0.4) is 0 Å². The molecule has 0 unspecified atom stereocenters. The molecule has 0 atom stereocenters. The molecule has 3 aromatic rings. The molecule has 6 nitrogen and oxygen atoms in total. The molecule has 0 bridgehead atoms. The van der Waals surface area contributed by atoms with Gasteiger partial charge in [0.15, 0.2) is 0 Å². The van der Waals surface area contributed by atoms with Gasteiger partial charge in [0.2, 0.25) is 0 Å². The van der Waals surface area contributed by atoms with E-state index in [0.29, 0.717) is 0 Å². The number of benzene rings is 2. The summed E-state index contributed by atoms with van der Waals surface area (Å²) in [5.41, 5.74) is 13.3. The maximum atomic E-state index is 5.42. The minimum absolute atomic E-state index is 0.0539. The Balaban J connectivity index is 1.84. The van der Waals surface area contributed by atoms with E-state index in [9.17, 15) is 0 Å². The van der Waals surface area contributed by atoms with Crippen molar-refractivity contribution in [3.05, 3.63) is 60.9 Å². The maximum absolute atomic E-state index is 5.42. The van der Waals surface area contributed by atoms with E-state index < -0.39 is 0 Å². The van der Waals surface area contributed by atoms with Crippen LogP contribution in [0.4, 0.5) is 5.69 Å². The van der Waals surface area contributed by atoms with Crippen LogP contribution in [0.25, 0.3) is 11.3 Å². The van der Waals surface area contributed by atoms with E-state index in [1.54, 1.807) is 13.4 Å². The molecule has 7 heteroatoms. The zero-order valence-electron chi connectivity index (χ0n) is 13.6. The molecule has 3 rings (SSSR count). The average molecular weight is 394 g/mol. The molecule has 1 radical (unpaired) electrons. The summed E-state index contributed by atoms with van der Waals surface area (Å²) in [4.78, 5) is 12.8. The first-order valence-corrected chi connectivity index (χ1v) is 9.40. The summed E-state index contributed by atoms with van der Waals surface area (Å²) in [5, 5.41) is 0. The molecule has 0 amide bonds. The van der Waals surface area contributed by atoms with E-state index in [-0.39, 0.29) is 21.7 Å². The van der Waals surface area contributed by atoms with E-state index in [2.05, 4.69) is 15.0 Å². The summed E-state index contributed by atoms with van der Waals surface area (Å²) >= 11 is -0.266. The number of hydrogen-bond donors (Lipinski definition) is 2. The molecule has 0 saturated carbocycles. The number of methoxy groups -OCH3 is 1. The summed E-state index contributed by atoms with van der Waals surface area (Å²) in [6, 6.07) is 17.7. The Morgan fingerprint density at radius 1 is 1.04 bits per heavy atom. The van der Waals surface area contributed by atoms with Gasteiger partial charge in [-0.2, -0.15) is 0 Å². The molecule has 2 aromatic carbocycles. The Morgan fingerprint density at radius 3 is 2.52 bits per heavy atom. The Morgan fingerprint density at radius 2 is 1.80 bits per heavy atom. The zero-order chi connectivity index (χ0) is 17.6. The summed E-state index contributed by atoms with van der Waals surface area (Å²) in [5.74, 6) is 0.850. The Bertz CT molecular complexity index is 892. The van der Waals surface area contributed by atoms with Crippen molar-refractivity contribution in [3.8, 4) is 17.0 Å². The predicted molar refractivity (Wildman–Crippen MR) is 101 cm³/mol. The number of nitrogens with two attached hydrogens (primary N) is 2. The second kappa shape index (κ2) is 7.81. The molecule has 0 aliphatic heterocycles. The van der Waals surface area contributed by atoms with Crippen LogP contribution in [0.2, 0.25) is 0 Å². The summed E-state index contributed by atoms with van der Waals surface area (Å²) in [6.45, 7) is 0. The predicted octanol–water partition coefficient (Wildman–Crippen LogP) is 0.712. The van der Waals surface area contributed by atoms with Gasteiger partial charge in [-0.3, -0.25) is 0 Å². The van der Waals surface area contributed by atoms with E-state index in [4.69, 9.17) is 16.2 Å². The van der Waals surface area contributed by atoms with Gasteiger partial charge in [-0.05, 0) is 0 Å². The van der Waals surface area contributed by atoms with Gasteiger partial charge in [0.05, 0.1) is 0 Å². The van der Waals surface area contributed by atoms with Crippen molar-refractivity contribution in [2.24, 2.45) is 16.5 Å². The molecule has 1 aromatic heterocycles. The van der Waals surface area contributed by atoms with Crippen LogP contribution in [0.5, 0.6) is 5.75 Å². The van der Waals surface area contributed by atoms with Gasteiger partial charge < -0.3 is 0 Å². The second-order valence-corrected chi connectivity index (χ2v) is 7.64. The number of guanidine groups is 1. The number of nitrogens with zero attached hydrogens (tertiary/aromatic N) is 3. The first kappa shape index (κ1) is 17.0. The van der Waals surface area contributed by atoms with Gasteiger partial charge in [-0.1, -0.05) is 0 Å². The standard InChI is InChI=1S/C18H17AsN5O/c1-25-16-5-3-2-4-14(16)15-10-17(23-11-22-15)19-12-6-8-13(9-7-12)24-18(20)21/h2-11H,1H3,(H4,20,21,24). The average Bonchev–Trinajstić information content (AvgIpc) is 2.63. The zero-order valence-corrected chi connectivity index (χ0v) is 15.5. The third-order valence-corrected chi connectivity index (χ3v) is 5.55. The van der Waals surface area contributed by atoms with Gasteiger partial charge in [0, 0.05) is 0 Å². The summed E-state index contributed by atoms with van der Waals surface area (Å²) < 4.78 is 7.64. The van der Waals surface area contributed by atoms with Crippen LogP contribution in [0.1, 0.15) is 0 Å². The molecule has 0 aliphatic rings. The SMILES string of the molecule is COc1ccccc1-c1cc([As]c2ccc(N=C(N)N)cc2)ncn1. The quantitative estimate of drug-likeness (QED) is 0.377. The van der Waals surface area contributed by atoms with E-state index in [1.165, 1.54) is 4.35 Å². The number of hydrogen-bond acceptors (Lipinski definition) is 4. The van der Waals surface area contributed by atoms with Crippen molar-refractivity contribution in [1.29, 1.82) is 0 Å². The number of rotatable bonds is 5. The van der Waals surface area contributed by atoms with Crippen molar-refractivity contribution in [2.75, 3.05) is 7.11 Å². The van der Waals surface area contributed by atoms with E-state index >= 15 is 0 Å². The van der Waals surface area contributed by atoms with E-state index in [0.717, 1.165) is 27.2 Å². The van der Waals surface area contributed by atoms with Crippen LogP contribution < -0.4 is 25.0 Å². The first-order chi connectivity index (χ1) is 12.2. The van der Waals surface area contributed by atoms with Crippen molar-refractivity contribution >= 4 is 36.2 Å². The number of aromatic nitrogens is 2. The number of aliphatic imine (C=N–C) groups is 1. The molecular weight excluding hydrogens is 377 g/mol. The van der Waals surface area contributed by atoms with Crippen LogP contribution in [-0.4, -0.2) is 38.8 Å². The molecule has 0 spiro atoms. The van der Waals surface area contributed by atoms with Gasteiger partial charge in [0.1, 0.15) is 0 Å².